The summed E-state index contributed by atoms with van der Waals surface area (Å²) in [4.78, 5) is 28.8. The number of rotatable bonds is 6. The molecule has 3 aromatic rings. The molecule has 144 valence electrons. The molecular weight excluding hydrogens is 394 g/mol. The Morgan fingerprint density at radius 3 is 2.57 bits per heavy atom. The second-order valence-corrected chi connectivity index (χ2v) is 7.77. The van der Waals surface area contributed by atoms with E-state index in [2.05, 4.69) is 15.6 Å². The molecule has 1 aromatic heterocycles. The molecule has 2 aromatic carbocycles. The molecule has 0 saturated carbocycles. The van der Waals surface area contributed by atoms with Crippen LogP contribution in [0.4, 0.5) is 10.8 Å². The van der Waals surface area contributed by atoms with Crippen LogP contribution in [0.5, 0.6) is 0 Å². The van der Waals surface area contributed by atoms with E-state index in [1.807, 2.05) is 37.4 Å². The van der Waals surface area contributed by atoms with Crippen LogP contribution in [0.15, 0.2) is 47.8 Å². The highest BCUT2D eigenvalue weighted by molar-refractivity contribution is 7.14. The second kappa shape index (κ2) is 8.99. The lowest BCUT2D eigenvalue weighted by molar-refractivity contribution is -0.116. The molecule has 0 radical (unpaired) electrons. The molecule has 5 nitrogen and oxygen atoms in total. The quantitative estimate of drug-likeness (QED) is 0.580. The number of amides is 2. The molecule has 0 spiro atoms. The van der Waals surface area contributed by atoms with Crippen LogP contribution in [0.3, 0.4) is 0 Å². The molecule has 0 unspecified atom stereocenters. The van der Waals surface area contributed by atoms with Gasteiger partial charge < -0.3 is 5.32 Å². The van der Waals surface area contributed by atoms with Crippen molar-refractivity contribution in [2.45, 2.75) is 26.7 Å². The number of hydrogen-bond donors (Lipinski definition) is 2. The first-order chi connectivity index (χ1) is 13.4. The summed E-state index contributed by atoms with van der Waals surface area (Å²) in [5.41, 5.74) is 4.24. The van der Waals surface area contributed by atoms with E-state index in [1.165, 1.54) is 11.3 Å². The number of benzene rings is 2. The van der Waals surface area contributed by atoms with Gasteiger partial charge >= 0.3 is 0 Å². The van der Waals surface area contributed by atoms with E-state index in [0.717, 1.165) is 22.5 Å². The van der Waals surface area contributed by atoms with Gasteiger partial charge in [0.1, 0.15) is 0 Å². The minimum atomic E-state index is -0.245. The third-order valence-electron chi connectivity index (χ3n) is 4.15. The summed E-state index contributed by atoms with van der Waals surface area (Å²) in [5, 5.41) is 8.64. The van der Waals surface area contributed by atoms with E-state index in [9.17, 15) is 9.59 Å². The fraction of sp³-hybridized carbons (Fsp3) is 0.190. The maximum Gasteiger partial charge on any atom is 0.257 e. The van der Waals surface area contributed by atoms with E-state index in [1.54, 1.807) is 24.3 Å². The molecule has 0 saturated heterocycles. The van der Waals surface area contributed by atoms with Crippen molar-refractivity contribution in [1.29, 1.82) is 0 Å². The van der Waals surface area contributed by atoms with Crippen molar-refractivity contribution in [3.05, 3.63) is 75.3 Å². The lowest BCUT2D eigenvalue weighted by Gasteiger charge is -2.09. The van der Waals surface area contributed by atoms with Crippen molar-refractivity contribution < 1.29 is 9.59 Å². The Bertz CT molecular complexity index is 999. The van der Waals surface area contributed by atoms with Crippen LogP contribution in [0, 0.1) is 13.8 Å². The predicted octanol–water partition coefficient (Wildman–Crippen LogP) is 5.24. The summed E-state index contributed by atoms with van der Waals surface area (Å²) < 4.78 is 0. The highest BCUT2D eigenvalue weighted by atomic mass is 35.5. The highest BCUT2D eigenvalue weighted by Crippen LogP contribution is 2.20. The maximum atomic E-state index is 12.2. The minimum Gasteiger partial charge on any atom is -0.326 e. The molecular formula is C21H20ClN3O2S. The summed E-state index contributed by atoms with van der Waals surface area (Å²) in [5.74, 6) is -0.307. The number of aryl methyl sites for hydroxylation is 3. The Morgan fingerprint density at radius 2 is 1.82 bits per heavy atom. The Kier molecular flexibility index (Phi) is 6.44. The number of halogens is 1. The third-order valence-corrected chi connectivity index (χ3v) is 5.21. The summed E-state index contributed by atoms with van der Waals surface area (Å²) in [6, 6.07) is 12.6. The van der Waals surface area contributed by atoms with E-state index >= 15 is 0 Å². The number of nitrogens with zero attached hydrogens (tertiary/aromatic N) is 1. The van der Waals surface area contributed by atoms with Crippen LogP contribution >= 0.6 is 22.9 Å². The van der Waals surface area contributed by atoms with Crippen molar-refractivity contribution in [2.75, 3.05) is 10.6 Å². The number of carbonyl (C=O) groups excluding carboxylic acids is 2. The van der Waals surface area contributed by atoms with Gasteiger partial charge in [-0.15, -0.1) is 11.3 Å². The van der Waals surface area contributed by atoms with Crippen LogP contribution in [0.1, 0.15) is 33.6 Å². The van der Waals surface area contributed by atoms with Crippen LogP contribution in [-0.4, -0.2) is 16.8 Å². The zero-order chi connectivity index (χ0) is 20.1. The topological polar surface area (TPSA) is 71.1 Å². The summed E-state index contributed by atoms with van der Waals surface area (Å²) in [7, 11) is 0. The van der Waals surface area contributed by atoms with Crippen LogP contribution < -0.4 is 10.6 Å². The Morgan fingerprint density at radius 1 is 1.07 bits per heavy atom. The van der Waals surface area contributed by atoms with E-state index in [4.69, 9.17) is 11.6 Å². The van der Waals surface area contributed by atoms with Gasteiger partial charge in [0.15, 0.2) is 5.13 Å². The van der Waals surface area contributed by atoms with Gasteiger partial charge in [-0.2, -0.15) is 0 Å². The van der Waals surface area contributed by atoms with E-state index in [0.29, 0.717) is 28.6 Å². The summed E-state index contributed by atoms with van der Waals surface area (Å²) in [6.45, 7) is 3.95. The van der Waals surface area contributed by atoms with Gasteiger partial charge in [-0.25, -0.2) is 4.98 Å². The van der Waals surface area contributed by atoms with Crippen molar-refractivity contribution in [1.82, 2.24) is 4.98 Å². The molecule has 0 bridgehead atoms. The van der Waals surface area contributed by atoms with Gasteiger partial charge in [-0.3, -0.25) is 14.9 Å². The van der Waals surface area contributed by atoms with E-state index in [-0.39, 0.29) is 11.8 Å². The molecule has 1 heterocycles. The number of thiazole rings is 1. The normalized spacial score (nSPS) is 10.5. The van der Waals surface area contributed by atoms with Gasteiger partial charge in [-0.05, 0) is 61.7 Å². The molecule has 7 heteroatoms. The molecule has 0 fully saturated rings. The number of aromatic nitrogens is 1. The monoisotopic (exact) mass is 413 g/mol. The van der Waals surface area contributed by atoms with Gasteiger partial charge in [0, 0.05) is 28.1 Å². The van der Waals surface area contributed by atoms with Crippen LogP contribution in [0.2, 0.25) is 5.02 Å². The average Bonchev–Trinajstić information content (AvgIpc) is 3.11. The number of nitrogens with one attached hydrogen (secondary N) is 2. The smallest absolute Gasteiger partial charge is 0.257 e. The highest BCUT2D eigenvalue weighted by Gasteiger charge is 2.11. The van der Waals surface area contributed by atoms with Gasteiger partial charge in [-0.1, -0.05) is 23.7 Å². The summed E-state index contributed by atoms with van der Waals surface area (Å²) >= 11 is 7.17. The van der Waals surface area contributed by atoms with Crippen molar-refractivity contribution in [2.24, 2.45) is 0 Å². The standard InChI is InChI=1S/C21H20ClN3O2S/c1-13-3-4-14(2)18(11-13)24-19(26)10-9-17-12-28-21(23-17)25-20(27)15-5-7-16(22)8-6-15/h3-8,11-12H,9-10H2,1-2H3,(H,24,26)(H,23,25,27). The van der Waals surface area contributed by atoms with Crippen LogP contribution in [-0.2, 0) is 11.2 Å². The largest absolute Gasteiger partial charge is 0.326 e. The minimum absolute atomic E-state index is 0.0616. The summed E-state index contributed by atoms with van der Waals surface area (Å²) in [6.07, 6.45) is 0.825. The maximum absolute atomic E-state index is 12.2. The Balaban J connectivity index is 1.53. The number of hydrogen-bond acceptors (Lipinski definition) is 4. The molecule has 0 aliphatic heterocycles. The molecule has 2 N–H and O–H groups in total. The lowest BCUT2D eigenvalue weighted by Crippen LogP contribution is -2.13. The molecule has 0 aliphatic carbocycles. The SMILES string of the molecule is Cc1ccc(C)c(NC(=O)CCc2csc(NC(=O)c3ccc(Cl)cc3)n2)c1. The third kappa shape index (κ3) is 5.41. The van der Waals surface area contributed by atoms with Crippen molar-refractivity contribution in [3.63, 3.8) is 0 Å². The first-order valence-electron chi connectivity index (χ1n) is 8.79. The first-order valence-corrected chi connectivity index (χ1v) is 10.0. The number of anilines is 2. The molecule has 0 atom stereocenters. The Labute approximate surface area is 172 Å². The Hall–Kier alpha value is -2.70. The average molecular weight is 414 g/mol. The molecule has 3 rings (SSSR count). The molecule has 28 heavy (non-hydrogen) atoms. The predicted molar refractivity (Wildman–Crippen MR) is 114 cm³/mol. The van der Waals surface area contributed by atoms with Gasteiger partial charge in [0.25, 0.3) is 5.91 Å². The fourth-order valence-electron chi connectivity index (χ4n) is 2.57. The lowest BCUT2D eigenvalue weighted by atomic mass is 10.1. The molecule has 0 aliphatic rings. The fourth-order valence-corrected chi connectivity index (χ4v) is 3.44. The van der Waals surface area contributed by atoms with Gasteiger partial charge in [0.2, 0.25) is 5.91 Å². The second-order valence-electron chi connectivity index (χ2n) is 6.47. The zero-order valence-electron chi connectivity index (χ0n) is 15.6. The van der Waals surface area contributed by atoms with Gasteiger partial charge in [0.05, 0.1) is 5.69 Å². The van der Waals surface area contributed by atoms with Crippen molar-refractivity contribution in [3.8, 4) is 0 Å². The van der Waals surface area contributed by atoms with E-state index < -0.39 is 0 Å². The first kappa shape index (κ1) is 20.0. The van der Waals surface area contributed by atoms with Crippen molar-refractivity contribution >= 4 is 45.6 Å². The zero-order valence-corrected chi connectivity index (χ0v) is 17.2. The number of carbonyl (C=O) groups is 2. The molecule has 2 amide bonds. The van der Waals surface area contributed by atoms with Crippen LogP contribution in [0.25, 0.3) is 0 Å².